The number of rotatable bonds is 6. The summed E-state index contributed by atoms with van der Waals surface area (Å²) in [5, 5.41) is 0. The maximum atomic E-state index is 12.9. The van der Waals surface area contributed by atoms with E-state index in [1.807, 2.05) is 18.2 Å². The summed E-state index contributed by atoms with van der Waals surface area (Å²) in [4.78, 5) is 15.3. The predicted octanol–water partition coefficient (Wildman–Crippen LogP) is 4.26. The molecule has 3 nitrogen and oxygen atoms in total. The van der Waals surface area contributed by atoms with Crippen LogP contribution in [-0.4, -0.2) is 37.1 Å². The molecule has 3 rings (SSSR count). The van der Waals surface area contributed by atoms with Crippen LogP contribution in [0.2, 0.25) is 0 Å². The Bertz CT molecular complexity index is 573. The number of carbonyl (C=O) groups excluding carboxylic acids is 1. The van der Waals surface area contributed by atoms with E-state index < -0.39 is 0 Å². The van der Waals surface area contributed by atoms with Crippen LogP contribution in [0.1, 0.15) is 44.6 Å². The largest absolute Gasteiger partial charge is 0.464 e. The molecule has 1 aromatic carbocycles. The standard InChI is InChI=1S/C22H31NO2/c1-17-15-23(16-18(17)2)13-14-25-22(24)21(19-9-5-3-6-10-19)20-11-7-4-8-12-20/h3,5-7,9-11,17-18,20-21H,4,8,12-16H2,1-2H3/t17-,18-,20-,21-/m0/s1. The Morgan fingerprint density at radius 2 is 1.92 bits per heavy atom. The Kier molecular flexibility index (Phi) is 6.30. The lowest BCUT2D eigenvalue weighted by atomic mass is 9.80. The molecule has 136 valence electrons. The van der Waals surface area contributed by atoms with Crippen LogP contribution in [0.3, 0.4) is 0 Å². The number of nitrogens with zero attached hydrogens (tertiary/aromatic N) is 1. The molecule has 0 unspecified atom stereocenters. The minimum Gasteiger partial charge on any atom is -0.464 e. The van der Waals surface area contributed by atoms with E-state index in [0.29, 0.717) is 6.61 Å². The van der Waals surface area contributed by atoms with E-state index in [9.17, 15) is 4.79 Å². The first-order valence-corrected chi connectivity index (χ1v) is 9.75. The molecule has 0 bridgehead atoms. The van der Waals surface area contributed by atoms with Crippen molar-refractivity contribution in [2.75, 3.05) is 26.2 Å². The normalized spacial score (nSPS) is 28.0. The number of esters is 1. The fourth-order valence-corrected chi connectivity index (χ4v) is 4.13. The van der Waals surface area contributed by atoms with Crippen LogP contribution in [0.5, 0.6) is 0 Å². The van der Waals surface area contributed by atoms with Crippen LogP contribution in [-0.2, 0) is 9.53 Å². The third-order valence-electron chi connectivity index (χ3n) is 5.85. The fraction of sp³-hybridized carbons (Fsp3) is 0.591. The van der Waals surface area contributed by atoms with E-state index in [1.54, 1.807) is 0 Å². The van der Waals surface area contributed by atoms with Gasteiger partial charge in [-0.05, 0) is 42.6 Å². The van der Waals surface area contributed by atoms with Crippen molar-refractivity contribution in [3.8, 4) is 0 Å². The van der Waals surface area contributed by atoms with Crippen LogP contribution in [0.25, 0.3) is 0 Å². The van der Waals surface area contributed by atoms with Crippen molar-refractivity contribution in [2.24, 2.45) is 17.8 Å². The van der Waals surface area contributed by atoms with Gasteiger partial charge in [-0.25, -0.2) is 0 Å². The summed E-state index contributed by atoms with van der Waals surface area (Å²) in [5.41, 5.74) is 1.08. The second kappa shape index (κ2) is 8.66. The molecule has 1 fully saturated rings. The number of hydrogen-bond donors (Lipinski definition) is 0. The molecule has 1 aliphatic heterocycles. The van der Waals surface area contributed by atoms with Gasteiger partial charge in [0.05, 0.1) is 5.92 Å². The molecular formula is C22H31NO2. The molecule has 0 aromatic heterocycles. The van der Waals surface area contributed by atoms with E-state index in [4.69, 9.17) is 4.74 Å². The first-order valence-electron chi connectivity index (χ1n) is 9.75. The van der Waals surface area contributed by atoms with Crippen molar-refractivity contribution in [3.05, 3.63) is 48.0 Å². The average molecular weight is 341 g/mol. The second-order valence-corrected chi connectivity index (χ2v) is 7.79. The van der Waals surface area contributed by atoms with Gasteiger partial charge in [-0.2, -0.15) is 0 Å². The summed E-state index contributed by atoms with van der Waals surface area (Å²) in [5.74, 6) is 1.49. The maximum Gasteiger partial charge on any atom is 0.314 e. The highest BCUT2D eigenvalue weighted by Crippen LogP contribution is 2.33. The van der Waals surface area contributed by atoms with E-state index >= 15 is 0 Å². The van der Waals surface area contributed by atoms with Gasteiger partial charge in [0.1, 0.15) is 6.61 Å². The molecule has 4 atom stereocenters. The number of hydrogen-bond acceptors (Lipinski definition) is 3. The van der Waals surface area contributed by atoms with Gasteiger partial charge in [0.2, 0.25) is 0 Å². The van der Waals surface area contributed by atoms with Gasteiger partial charge < -0.3 is 4.74 Å². The summed E-state index contributed by atoms with van der Waals surface area (Å²) in [7, 11) is 0. The van der Waals surface area contributed by atoms with Crippen LogP contribution in [0, 0.1) is 17.8 Å². The molecule has 0 spiro atoms. The third kappa shape index (κ3) is 4.72. The van der Waals surface area contributed by atoms with Gasteiger partial charge in [0, 0.05) is 19.6 Å². The number of likely N-dealkylation sites (tertiary alicyclic amines) is 1. The van der Waals surface area contributed by atoms with Gasteiger partial charge in [-0.15, -0.1) is 0 Å². The molecule has 1 aliphatic carbocycles. The zero-order valence-corrected chi connectivity index (χ0v) is 15.6. The smallest absolute Gasteiger partial charge is 0.314 e. The van der Waals surface area contributed by atoms with Crippen molar-refractivity contribution in [1.29, 1.82) is 0 Å². The SMILES string of the molecule is C[C@H]1CN(CCOC(=O)[C@@H](c2ccccc2)[C@H]2C=CCCC2)C[C@@H]1C. The van der Waals surface area contributed by atoms with Crippen LogP contribution < -0.4 is 0 Å². The monoisotopic (exact) mass is 341 g/mol. The lowest BCUT2D eigenvalue weighted by molar-refractivity contribution is -0.147. The molecule has 0 amide bonds. The van der Waals surface area contributed by atoms with E-state index in [1.165, 1.54) is 0 Å². The highest BCUT2D eigenvalue weighted by Gasteiger charge is 2.31. The Morgan fingerprint density at radius 1 is 1.20 bits per heavy atom. The molecule has 0 saturated carbocycles. The Morgan fingerprint density at radius 3 is 2.56 bits per heavy atom. The molecule has 3 heteroatoms. The molecule has 0 N–H and O–H groups in total. The number of ether oxygens (including phenoxy) is 1. The van der Waals surface area contributed by atoms with Crippen LogP contribution >= 0.6 is 0 Å². The molecule has 1 heterocycles. The topological polar surface area (TPSA) is 29.5 Å². The minimum absolute atomic E-state index is 0.0666. The Labute approximate surface area is 152 Å². The maximum absolute atomic E-state index is 12.9. The number of benzene rings is 1. The van der Waals surface area contributed by atoms with E-state index in [-0.39, 0.29) is 17.8 Å². The zero-order valence-electron chi connectivity index (χ0n) is 15.6. The molecule has 25 heavy (non-hydrogen) atoms. The Balaban J connectivity index is 1.59. The van der Waals surface area contributed by atoms with Crippen molar-refractivity contribution in [1.82, 2.24) is 4.90 Å². The summed E-state index contributed by atoms with van der Waals surface area (Å²) in [6.07, 6.45) is 7.77. The van der Waals surface area contributed by atoms with Crippen LogP contribution in [0.15, 0.2) is 42.5 Å². The molecule has 0 radical (unpaired) electrons. The lowest BCUT2D eigenvalue weighted by Crippen LogP contribution is -2.29. The van der Waals surface area contributed by atoms with Gasteiger partial charge in [0.25, 0.3) is 0 Å². The highest BCUT2D eigenvalue weighted by atomic mass is 16.5. The fourth-order valence-electron chi connectivity index (χ4n) is 4.13. The molecule has 2 aliphatic rings. The first kappa shape index (κ1) is 18.2. The summed E-state index contributed by atoms with van der Waals surface area (Å²) in [6.45, 7) is 8.19. The Hall–Kier alpha value is -1.61. The van der Waals surface area contributed by atoms with E-state index in [2.05, 4.69) is 43.0 Å². The van der Waals surface area contributed by atoms with Crippen molar-refractivity contribution in [3.63, 3.8) is 0 Å². The lowest BCUT2D eigenvalue weighted by Gasteiger charge is -2.26. The highest BCUT2D eigenvalue weighted by molar-refractivity contribution is 5.79. The van der Waals surface area contributed by atoms with Gasteiger partial charge >= 0.3 is 5.97 Å². The third-order valence-corrected chi connectivity index (χ3v) is 5.85. The molecule has 1 saturated heterocycles. The minimum atomic E-state index is -0.172. The quantitative estimate of drug-likeness (QED) is 0.572. The number of carbonyl (C=O) groups is 1. The molecule has 1 aromatic rings. The van der Waals surface area contributed by atoms with E-state index in [0.717, 1.165) is 56.3 Å². The van der Waals surface area contributed by atoms with Crippen molar-refractivity contribution >= 4 is 5.97 Å². The van der Waals surface area contributed by atoms with Crippen LogP contribution in [0.4, 0.5) is 0 Å². The number of allylic oxidation sites excluding steroid dienone is 2. The second-order valence-electron chi connectivity index (χ2n) is 7.79. The van der Waals surface area contributed by atoms with Crippen molar-refractivity contribution in [2.45, 2.75) is 39.0 Å². The first-order chi connectivity index (χ1) is 12.1. The summed E-state index contributed by atoms with van der Waals surface area (Å²) in [6, 6.07) is 10.1. The van der Waals surface area contributed by atoms with Gasteiger partial charge in [0.15, 0.2) is 0 Å². The molecular weight excluding hydrogens is 310 g/mol. The van der Waals surface area contributed by atoms with Gasteiger partial charge in [-0.1, -0.05) is 56.3 Å². The zero-order chi connectivity index (χ0) is 17.6. The predicted molar refractivity (Wildman–Crippen MR) is 101 cm³/mol. The van der Waals surface area contributed by atoms with Gasteiger partial charge in [-0.3, -0.25) is 9.69 Å². The van der Waals surface area contributed by atoms with Crippen molar-refractivity contribution < 1.29 is 9.53 Å². The summed E-state index contributed by atoms with van der Waals surface area (Å²) >= 11 is 0. The average Bonchev–Trinajstić information content (AvgIpc) is 2.95. The summed E-state index contributed by atoms with van der Waals surface area (Å²) < 4.78 is 5.73.